The van der Waals surface area contributed by atoms with Crippen LogP contribution in [-0.2, 0) is 11.2 Å². The third kappa shape index (κ3) is 4.75. The van der Waals surface area contributed by atoms with E-state index in [1.807, 2.05) is 13.1 Å². The fraction of sp³-hybridized carbons (Fsp3) is 0.462. The molecule has 0 fully saturated rings. The minimum Gasteiger partial charge on any atom is -0.317 e. The van der Waals surface area contributed by atoms with Gasteiger partial charge in [0.25, 0.3) is 0 Å². The Morgan fingerprint density at radius 3 is 2.53 bits per heavy atom. The van der Waals surface area contributed by atoms with E-state index in [0.717, 1.165) is 12.8 Å². The van der Waals surface area contributed by atoms with Gasteiger partial charge < -0.3 is 5.32 Å². The molecule has 0 radical (unpaired) electrons. The first-order valence-electron chi connectivity index (χ1n) is 5.43. The van der Waals surface area contributed by atoms with E-state index in [0.29, 0.717) is 12.5 Å². The number of aryl methyl sites for hydroxylation is 1. The SMILES string of the molecule is CN[C@@H](CCc1ccccc1)CC(C)=O. The third-order valence-electron chi connectivity index (χ3n) is 2.57. The lowest BCUT2D eigenvalue weighted by Crippen LogP contribution is -2.27. The zero-order chi connectivity index (χ0) is 11.1. The zero-order valence-corrected chi connectivity index (χ0v) is 9.49. The Morgan fingerprint density at radius 2 is 2.00 bits per heavy atom. The fourth-order valence-electron chi connectivity index (χ4n) is 1.68. The summed E-state index contributed by atoms with van der Waals surface area (Å²) in [6.07, 6.45) is 2.67. The molecular weight excluding hydrogens is 186 g/mol. The first kappa shape index (κ1) is 11.9. The number of hydrogen-bond acceptors (Lipinski definition) is 2. The first-order valence-corrected chi connectivity index (χ1v) is 5.43. The number of benzene rings is 1. The van der Waals surface area contributed by atoms with Crippen LogP contribution in [0.4, 0.5) is 0 Å². The molecule has 0 aliphatic carbocycles. The molecule has 2 nitrogen and oxygen atoms in total. The fourth-order valence-corrected chi connectivity index (χ4v) is 1.68. The summed E-state index contributed by atoms with van der Waals surface area (Å²) in [5, 5.41) is 3.18. The van der Waals surface area contributed by atoms with Crippen molar-refractivity contribution < 1.29 is 4.79 Å². The Morgan fingerprint density at radius 1 is 1.33 bits per heavy atom. The maximum Gasteiger partial charge on any atom is 0.131 e. The van der Waals surface area contributed by atoms with Gasteiger partial charge in [-0.15, -0.1) is 0 Å². The summed E-state index contributed by atoms with van der Waals surface area (Å²) in [6.45, 7) is 1.65. The molecule has 0 unspecified atom stereocenters. The van der Waals surface area contributed by atoms with Gasteiger partial charge >= 0.3 is 0 Å². The summed E-state index contributed by atoms with van der Waals surface area (Å²) in [5.74, 6) is 0.252. The molecule has 1 rings (SSSR count). The molecule has 2 heteroatoms. The molecule has 1 aromatic carbocycles. The van der Waals surface area contributed by atoms with Gasteiger partial charge in [-0.1, -0.05) is 30.3 Å². The van der Waals surface area contributed by atoms with Gasteiger partial charge in [-0.05, 0) is 32.4 Å². The van der Waals surface area contributed by atoms with Crippen LogP contribution in [0.1, 0.15) is 25.3 Å². The standard InChI is InChI=1S/C13H19NO/c1-11(15)10-13(14-2)9-8-12-6-4-3-5-7-12/h3-7,13-14H,8-10H2,1-2H3/t13-/m0/s1. The average molecular weight is 205 g/mol. The maximum atomic E-state index is 11.0. The highest BCUT2D eigenvalue weighted by molar-refractivity contribution is 5.76. The second-order valence-corrected chi connectivity index (χ2v) is 3.92. The Bertz CT molecular complexity index is 295. The van der Waals surface area contributed by atoms with Gasteiger partial charge in [-0.3, -0.25) is 4.79 Å². The summed E-state index contributed by atoms with van der Waals surface area (Å²) in [4.78, 5) is 11.0. The van der Waals surface area contributed by atoms with E-state index in [1.165, 1.54) is 5.56 Å². The van der Waals surface area contributed by atoms with Crippen LogP contribution in [0, 0.1) is 0 Å². The van der Waals surface area contributed by atoms with E-state index in [9.17, 15) is 4.79 Å². The number of nitrogens with one attached hydrogen (secondary N) is 1. The first-order chi connectivity index (χ1) is 7.22. The molecule has 1 aromatic rings. The van der Waals surface area contributed by atoms with Gasteiger partial charge in [0.15, 0.2) is 0 Å². The van der Waals surface area contributed by atoms with E-state index in [-0.39, 0.29) is 5.78 Å². The quantitative estimate of drug-likeness (QED) is 0.771. The third-order valence-corrected chi connectivity index (χ3v) is 2.57. The van der Waals surface area contributed by atoms with Gasteiger partial charge in [0.1, 0.15) is 5.78 Å². The van der Waals surface area contributed by atoms with E-state index >= 15 is 0 Å². The average Bonchev–Trinajstić information content (AvgIpc) is 2.25. The van der Waals surface area contributed by atoms with Crippen LogP contribution in [0.5, 0.6) is 0 Å². The van der Waals surface area contributed by atoms with Crippen molar-refractivity contribution in [3.05, 3.63) is 35.9 Å². The lowest BCUT2D eigenvalue weighted by atomic mass is 10.0. The molecule has 0 amide bonds. The topological polar surface area (TPSA) is 29.1 Å². The molecule has 15 heavy (non-hydrogen) atoms. The van der Waals surface area contributed by atoms with Crippen LogP contribution < -0.4 is 5.32 Å². The van der Waals surface area contributed by atoms with Crippen molar-refractivity contribution in [3.63, 3.8) is 0 Å². The van der Waals surface area contributed by atoms with Gasteiger partial charge in [-0.25, -0.2) is 0 Å². The predicted molar refractivity (Wildman–Crippen MR) is 62.9 cm³/mol. The van der Waals surface area contributed by atoms with Crippen molar-refractivity contribution in [2.75, 3.05) is 7.05 Å². The number of Topliss-reactive ketones (excluding diaryl/α,β-unsaturated/α-hetero) is 1. The molecule has 0 bridgehead atoms. The molecule has 82 valence electrons. The van der Waals surface area contributed by atoms with Crippen LogP contribution >= 0.6 is 0 Å². The molecule has 0 aliphatic heterocycles. The molecule has 0 heterocycles. The van der Waals surface area contributed by atoms with E-state index in [4.69, 9.17) is 0 Å². The van der Waals surface area contributed by atoms with Crippen LogP contribution in [0.2, 0.25) is 0 Å². The monoisotopic (exact) mass is 205 g/mol. The molecular formula is C13H19NO. The second kappa shape index (κ2) is 6.36. The number of carbonyl (C=O) groups is 1. The lowest BCUT2D eigenvalue weighted by Gasteiger charge is -2.14. The van der Waals surface area contributed by atoms with E-state index in [2.05, 4.69) is 29.6 Å². The van der Waals surface area contributed by atoms with Gasteiger partial charge in [-0.2, -0.15) is 0 Å². The highest BCUT2D eigenvalue weighted by atomic mass is 16.1. The van der Waals surface area contributed by atoms with Crippen molar-refractivity contribution in [3.8, 4) is 0 Å². The van der Waals surface area contributed by atoms with Crippen molar-refractivity contribution in [2.45, 2.75) is 32.2 Å². The largest absolute Gasteiger partial charge is 0.317 e. The minimum absolute atomic E-state index is 0.252. The van der Waals surface area contributed by atoms with Crippen molar-refractivity contribution in [1.82, 2.24) is 5.32 Å². The van der Waals surface area contributed by atoms with E-state index in [1.54, 1.807) is 6.92 Å². The molecule has 0 spiro atoms. The van der Waals surface area contributed by atoms with Crippen LogP contribution in [0.3, 0.4) is 0 Å². The Labute approximate surface area is 91.7 Å². The highest BCUT2D eigenvalue weighted by Gasteiger charge is 2.08. The molecule has 1 atom stereocenters. The van der Waals surface area contributed by atoms with Crippen LogP contribution in [-0.4, -0.2) is 18.9 Å². The number of ketones is 1. The van der Waals surface area contributed by atoms with Crippen LogP contribution in [0.25, 0.3) is 0 Å². The number of rotatable bonds is 6. The van der Waals surface area contributed by atoms with Crippen molar-refractivity contribution in [2.24, 2.45) is 0 Å². The van der Waals surface area contributed by atoms with E-state index < -0.39 is 0 Å². The molecule has 0 saturated heterocycles. The smallest absolute Gasteiger partial charge is 0.131 e. The van der Waals surface area contributed by atoms with Gasteiger partial charge in [0, 0.05) is 12.5 Å². The Balaban J connectivity index is 2.37. The van der Waals surface area contributed by atoms with Crippen molar-refractivity contribution in [1.29, 1.82) is 0 Å². The summed E-state index contributed by atoms with van der Waals surface area (Å²) >= 11 is 0. The van der Waals surface area contributed by atoms with Crippen LogP contribution in [0.15, 0.2) is 30.3 Å². The molecule has 0 aliphatic rings. The summed E-state index contributed by atoms with van der Waals surface area (Å²) in [6, 6.07) is 10.7. The van der Waals surface area contributed by atoms with Crippen molar-refractivity contribution >= 4 is 5.78 Å². The summed E-state index contributed by atoms with van der Waals surface area (Å²) in [7, 11) is 1.92. The second-order valence-electron chi connectivity index (χ2n) is 3.92. The zero-order valence-electron chi connectivity index (χ0n) is 9.49. The van der Waals surface area contributed by atoms with Gasteiger partial charge in [0.05, 0.1) is 0 Å². The minimum atomic E-state index is 0.252. The highest BCUT2D eigenvalue weighted by Crippen LogP contribution is 2.07. The molecule has 0 aromatic heterocycles. The Kier molecular flexibility index (Phi) is 5.05. The predicted octanol–water partition coefficient (Wildman–Crippen LogP) is 2.19. The summed E-state index contributed by atoms with van der Waals surface area (Å²) in [5.41, 5.74) is 1.33. The number of carbonyl (C=O) groups excluding carboxylic acids is 1. The summed E-state index contributed by atoms with van der Waals surface area (Å²) < 4.78 is 0. The Hall–Kier alpha value is -1.15. The normalized spacial score (nSPS) is 12.4. The molecule has 1 N–H and O–H groups in total. The lowest BCUT2D eigenvalue weighted by molar-refractivity contribution is -0.117. The van der Waals surface area contributed by atoms with Gasteiger partial charge in [0.2, 0.25) is 0 Å². The molecule has 0 saturated carbocycles. The maximum absolute atomic E-state index is 11.0. The number of hydrogen-bond donors (Lipinski definition) is 1.